The van der Waals surface area contributed by atoms with Crippen molar-refractivity contribution in [2.75, 3.05) is 25.0 Å². The minimum absolute atomic E-state index is 0.0597. The molecule has 132 valence electrons. The molecular formula is C20H24BrN3O. The Morgan fingerprint density at radius 3 is 2.40 bits per heavy atom. The number of halogens is 1. The van der Waals surface area contributed by atoms with Crippen molar-refractivity contribution in [1.29, 1.82) is 0 Å². The smallest absolute Gasteiger partial charge is 0.239 e. The minimum atomic E-state index is 0.0597. The van der Waals surface area contributed by atoms with Gasteiger partial charge in [-0.15, -0.1) is 0 Å². The maximum absolute atomic E-state index is 12.1. The molecule has 1 aliphatic heterocycles. The van der Waals surface area contributed by atoms with Crippen LogP contribution in [0, 0.1) is 0 Å². The number of piperidine rings is 1. The zero-order valence-electron chi connectivity index (χ0n) is 14.2. The summed E-state index contributed by atoms with van der Waals surface area (Å²) >= 11 is 3.41. The Kier molecular flexibility index (Phi) is 6.48. The van der Waals surface area contributed by atoms with Gasteiger partial charge in [0.2, 0.25) is 5.91 Å². The van der Waals surface area contributed by atoms with Gasteiger partial charge in [0.15, 0.2) is 0 Å². The van der Waals surface area contributed by atoms with Crippen LogP contribution < -0.4 is 10.6 Å². The van der Waals surface area contributed by atoms with E-state index in [0.717, 1.165) is 42.6 Å². The zero-order valence-corrected chi connectivity index (χ0v) is 15.8. The second-order valence-corrected chi connectivity index (χ2v) is 7.38. The van der Waals surface area contributed by atoms with Gasteiger partial charge in [0.05, 0.1) is 6.54 Å². The highest BCUT2D eigenvalue weighted by molar-refractivity contribution is 9.10. The van der Waals surface area contributed by atoms with Gasteiger partial charge in [-0.25, -0.2) is 0 Å². The lowest BCUT2D eigenvalue weighted by molar-refractivity contribution is -0.120. The van der Waals surface area contributed by atoms with E-state index in [9.17, 15) is 4.79 Å². The van der Waals surface area contributed by atoms with Crippen LogP contribution in [0.15, 0.2) is 59.1 Å². The SMILES string of the molecule is O=C(CNc1ccc(Br)cc1)NC1CCN(Cc2ccccc2)CC1. The van der Waals surface area contributed by atoms with E-state index >= 15 is 0 Å². The Morgan fingerprint density at radius 2 is 1.72 bits per heavy atom. The van der Waals surface area contributed by atoms with E-state index in [4.69, 9.17) is 0 Å². The summed E-state index contributed by atoms with van der Waals surface area (Å²) in [4.78, 5) is 14.6. The second kappa shape index (κ2) is 9.02. The Labute approximate surface area is 157 Å². The van der Waals surface area contributed by atoms with Gasteiger partial charge in [-0.1, -0.05) is 46.3 Å². The maximum atomic E-state index is 12.1. The van der Waals surface area contributed by atoms with Crippen molar-refractivity contribution in [1.82, 2.24) is 10.2 Å². The van der Waals surface area contributed by atoms with Crippen molar-refractivity contribution in [3.05, 3.63) is 64.6 Å². The van der Waals surface area contributed by atoms with Crippen LogP contribution in [0.3, 0.4) is 0 Å². The molecule has 0 aliphatic carbocycles. The Bertz CT molecular complexity index is 667. The Balaban J connectivity index is 1.36. The summed E-state index contributed by atoms with van der Waals surface area (Å²) in [6, 6.07) is 18.7. The molecule has 1 amide bonds. The number of hydrogen-bond acceptors (Lipinski definition) is 3. The van der Waals surface area contributed by atoms with Gasteiger partial charge in [0, 0.05) is 35.8 Å². The van der Waals surface area contributed by atoms with Crippen LogP contribution in [0.2, 0.25) is 0 Å². The number of amides is 1. The lowest BCUT2D eigenvalue weighted by Crippen LogP contribution is -2.45. The standard InChI is InChI=1S/C20H24BrN3O/c21-17-6-8-18(9-7-17)22-14-20(25)23-19-10-12-24(13-11-19)15-16-4-2-1-3-5-16/h1-9,19,22H,10-15H2,(H,23,25). The summed E-state index contributed by atoms with van der Waals surface area (Å²) in [6.07, 6.45) is 2.02. The van der Waals surface area contributed by atoms with Crippen LogP contribution in [0.4, 0.5) is 5.69 Å². The van der Waals surface area contributed by atoms with Crippen LogP contribution in [0.1, 0.15) is 18.4 Å². The number of rotatable bonds is 6. The van der Waals surface area contributed by atoms with Crippen LogP contribution in [-0.4, -0.2) is 36.5 Å². The van der Waals surface area contributed by atoms with Gasteiger partial charge in [-0.05, 0) is 42.7 Å². The fourth-order valence-electron chi connectivity index (χ4n) is 3.11. The second-order valence-electron chi connectivity index (χ2n) is 6.46. The Hall–Kier alpha value is -1.85. The van der Waals surface area contributed by atoms with E-state index in [0.29, 0.717) is 6.54 Å². The van der Waals surface area contributed by atoms with E-state index in [1.54, 1.807) is 0 Å². The number of hydrogen-bond donors (Lipinski definition) is 2. The van der Waals surface area contributed by atoms with Gasteiger partial charge in [0.25, 0.3) is 0 Å². The first-order valence-electron chi connectivity index (χ1n) is 8.74. The number of carbonyl (C=O) groups is 1. The number of carbonyl (C=O) groups excluding carboxylic acids is 1. The fraction of sp³-hybridized carbons (Fsp3) is 0.350. The first kappa shape index (κ1) is 18.0. The quantitative estimate of drug-likeness (QED) is 0.776. The molecular weight excluding hydrogens is 378 g/mol. The lowest BCUT2D eigenvalue weighted by atomic mass is 10.0. The topological polar surface area (TPSA) is 44.4 Å². The Morgan fingerprint density at radius 1 is 1.04 bits per heavy atom. The van der Waals surface area contributed by atoms with Crippen LogP contribution in [-0.2, 0) is 11.3 Å². The number of likely N-dealkylation sites (tertiary alicyclic amines) is 1. The maximum Gasteiger partial charge on any atom is 0.239 e. The molecule has 0 atom stereocenters. The summed E-state index contributed by atoms with van der Waals surface area (Å²) in [6.45, 7) is 3.36. The molecule has 2 aromatic rings. The third-order valence-corrected chi connectivity index (χ3v) is 5.03. The van der Waals surface area contributed by atoms with E-state index in [2.05, 4.69) is 55.7 Å². The van der Waals surface area contributed by atoms with E-state index in [1.807, 2.05) is 30.3 Å². The van der Waals surface area contributed by atoms with Crippen molar-refractivity contribution in [3.63, 3.8) is 0 Å². The predicted octanol–water partition coefficient (Wildman–Crippen LogP) is 3.64. The summed E-state index contributed by atoms with van der Waals surface area (Å²) in [7, 11) is 0. The van der Waals surface area contributed by atoms with Crippen molar-refractivity contribution < 1.29 is 4.79 Å². The van der Waals surface area contributed by atoms with Gasteiger partial charge in [-0.2, -0.15) is 0 Å². The van der Waals surface area contributed by atoms with Crippen molar-refractivity contribution in [3.8, 4) is 0 Å². The molecule has 5 heteroatoms. The molecule has 1 heterocycles. The molecule has 2 aromatic carbocycles. The number of nitrogens with zero attached hydrogens (tertiary/aromatic N) is 1. The van der Waals surface area contributed by atoms with E-state index in [-0.39, 0.29) is 11.9 Å². The molecule has 3 rings (SSSR count). The molecule has 25 heavy (non-hydrogen) atoms. The van der Waals surface area contributed by atoms with Crippen molar-refractivity contribution >= 4 is 27.5 Å². The lowest BCUT2D eigenvalue weighted by Gasteiger charge is -2.32. The fourth-order valence-corrected chi connectivity index (χ4v) is 3.37. The van der Waals surface area contributed by atoms with Crippen LogP contribution in [0.5, 0.6) is 0 Å². The van der Waals surface area contributed by atoms with Crippen LogP contribution in [0.25, 0.3) is 0 Å². The minimum Gasteiger partial charge on any atom is -0.376 e. The normalized spacial score (nSPS) is 15.7. The summed E-state index contributed by atoms with van der Waals surface area (Å²) in [5.41, 5.74) is 2.31. The first-order valence-corrected chi connectivity index (χ1v) is 9.53. The highest BCUT2D eigenvalue weighted by atomic mass is 79.9. The van der Waals surface area contributed by atoms with Gasteiger partial charge < -0.3 is 10.6 Å². The molecule has 0 bridgehead atoms. The third-order valence-electron chi connectivity index (χ3n) is 4.50. The average molecular weight is 402 g/mol. The molecule has 0 spiro atoms. The monoisotopic (exact) mass is 401 g/mol. The number of anilines is 1. The molecule has 0 radical (unpaired) electrons. The molecule has 1 fully saturated rings. The van der Waals surface area contributed by atoms with Crippen molar-refractivity contribution in [2.45, 2.75) is 25.4 Å². The summed E-state index contributed by atoms with van der Waals surface area (Å²) < 4.78 is 1.03. The van der Waals surface area contributed by atoms with Crippen LogP contribution >= 0.6 is 15.9 Å². The number of nitrogens with one attached hydrogen (secondary N) is 2. The molecule has 0 saturated carbocycles. The van der Waals surface area contributed by atoms with E-state index in [1.165, 1.54) is 5.56 Å². The highest BCUT2D eigenvalue weighted by Gasteiger charge is 2.20. The molecule has 2 N–H and O–H groups in total. The molecule has 4 nitrogen and oxygen atoms in total. The molecule has 1 saturated heterocycles. The molecule has 1 aliphatic rings. The zero-order chi connectivity index (χ0) is 17.5. The molecule has 0 unspecified atom stereocenters. The van der Waals surface area contributed by atoms with Gasteiger partial charge in [0.1, 0.15) is 0 Å². The highest BCUT2D eigenvalue weighted by Crippen LogP contribution is 2.15. The third kappa shape index (κ3) is 5.87. The van der Waals surface area contributed by atoms with Gasteiger partial charge >= 0.3 is 0 Å². The van der Waals surface area contributed by atoms with Gasteiger partial charge in [-0.3, -0.25) is 9.69 Å². The molecule has 0 aromatic heterocycles. The first-order chi connectivity index (χ1) is 12.2. The largest absolute Gasteiger partial charge is 0.376 e. The van der Waals surface area contributed by atoms with E-state index < -0.39 is 0 Å². The van der Waals surface area contributed by atoms with Crippen molar-refractivity contribution in [2.24, 2.45) is 0 Å². The summed E-state index contributed by atoms with van der Waals surface area (Å²) in [5, 5.41) is 6.31. The number of benzene rings is 2. The predicted molar refractivity (Wildman–Crippen MR) is 106 cm³/mol. The average Bonchev–Trinajstić information content (AvgIpc) is 2.64. The summed E-state index contributed by atoms with van der Waals surface area (Å²) in [5.74, 6) is 0.0597.